The molecule has 0 aromatic heterocycles. The summed E-state index contributed by atoms with van der Waals surface area (Å²) in [6.07, 6.45) is 1.83. The van der Waals surface area contributed by atoms with Gasteiger partial charge in [0.15, 0.2) is 5.96 Å². The lowest BCUT2D eigenvalue weighted by atomic mass is 10.2. The molecular weight excluding hydrogens is 473 g/mol. The molecule has 0 aromatic carbocycles. The smallest absolute Gasteiger partial charge is 0.410 e. The minimum atomic E-state index is -0.487. The van der Waals surface area contributed by atoms with Crippen LogP contribution in [0.4, 0.5) is 4.79 Å². The number of piperazine rings is 1. The summed E-state index contributed by atoms with van der Waals surface area (Å²) >= 11 is 0. The van der Waals surface area contributed by atoms with E-state index in [1.807, 2.05) is 37.5 Å². The third-order valence-corrected chi connectivity index (χ3v) is 4.58. The first kappa shape index (κ1) is 24.8. The zero-order chi connectivity index (χ0) is 20.0. The van der Waals surface area contributed by atoms with Crippen molar-refractivity contribution in [1.82, 2.24) is 20.0 Å². The van der Waals surface area contributed by atoms with Crippen molar-refractivity contribution in [2.75, 3.05) is 45.8 Å². The van der Waals surface area contributed by atoms with E-state index in [-0.39, 0.29) is 42.0 Å². The predicted molar refractivity (Wildman–Crippen MR) is 121 cm³/mol. The van der Waals surface area contributed by atoms with Crippen LogP contribution in [-0.2, 0) is 9.53 Å². The van der Waals surface area contributed by atoms with Gasteiger partial charge in [-0.2, -0.15) is 0 Å². The molecular formula is C19H36IN5O3. The van der Waals surface area contributed by atoms with Gasteiger partial charge in [0, 0.05) is 52.2 Å². The minimum Gasteiger partial charge on any atom is -0.444 e. The molecule has 1 aliphatic heterocycles. The van der Waals surface area contributed by atoms with Crippen molar-refractivity contribution in [2.24, 2.45) is 4.99 Å². The highest BCUT2D eigenvalue weighted by Crippen LogP contribution is 2.28. The second-order valence-electron chi connectivity index (χ2n) is 8.13. The van der Waals surface area contributed by atoms with Gasteiger partial charge in [-0.25, -0.2) is 4.79 Å². The summed E-state index contributed by atoms with van der Waals surface area (Å²) in [5.41, 5.74) is -0.487. The molecule has 0 spiro atoms. The first-order valence-electron chi connectivity index (χ1n) is 9.99. The number of guanidine groups is 1. The van der Waals surface area contributed by atoms with Crippen molar-refractivity contribution in [3.05, 3.63) is 0 Å². The van der Waals surface area contributed by atoms with Gasteiger partial charge >= 0.3 is 6.09 Å². The maximum atomic E-state index is 12.4. The normalized spacial score (nSPS) is 17.7. The third kappa shape index (κ3) is 8.00. The molecule has 0 radical (unpaired) electrons. The largest absolute Gasteiger partial charge is 0.444 e. The number of hydrogen-bond donors (Lipinski definition) is 1. The molecule has 1 saturated heterocycles. The number of nitrogens with one attached hydrogen (secondary N) is 1. The summed E-state index contributed by atoms with van der Waals surface area (Å²) in [6, 6.07) is 0.289. The molecule has 8 nitrogen and oxygen atoms in total. The maximum absolute atomic E-state index is 12.4. The van der Waals surface area contributed by atoms with Crippen LogP contribution in [0.15, 0.2) is 4.99 Å². The van der Waals surface area contributed by atoms with Gasteiger partial charge in [0.25, 0.3) is 0 Å². The van der Waals surface area contributed by atoms with E-state index in [0.717, 1.165) is 38.4 Å². The second kappa shape index (κ2) is 11.1. The van der Waals surface area contributed by atoms with Crippen molar-refractivity contribution in [1.29, 1.82) is 0 Å². The van der Waals surface area contributed by atoms with E-state index in [1.165, 1.54) is 0 Å². The summed E-state index contributed by atoms with van der Waals surface area (Å²) < 4.78 is 5.53. The molecule has 2 amide bonds. The Balaban J connectivity index is 0.00000392. The summed E-state index contributed by atoms with van der Waals surface area (Å²) in [4.78, 5) is 34.5. The van der Waals surface area contributed by atoms with E-state index in [2.05, 4.69) is 10.2 Å². The number of rotatable bonds is 5. The summed E-state index contributed by atoms with van der Waals surface area (Å²) in [5, 5.41) is 3.32. The van der Waals surface area contributed by atoms with E-state index in [0.29, 0.717) is 26.2 Å². The monoisotopic (exact) mass is 509 g/mol. The molecule has 0 unspecified atom stereocenters. The minimum absolute atomic E-state index is 0. The number of nitrogens with zero attached hydrogens (tertiary/aromatic N) is 4. The molecule has 0 atom stereocenters. The van der Waals surface area contributed by atoms with Crippen LogP contribution in [0.3, 0.4) is 0 Å². The lowest BCUT2D eigenvalue weighted by Crippen LogP contribution is -2.53. The lowest BCUT2D eigenvalue weighted by molar-refractivity contribution is -0.130. The van der Waals surface area contributed by atoms with Crippen LogP contribution in [0, 0.1) is 0 Å². The van der Waals surface area contributed by atoms with Gasteiger partial charge in [0.05, 0.1) is 6.54 Å². The molecule has 1 saturated carbocycles. The lowest BCUT2D eigenvalue weighted by Gasteiger charge is -2.36. The van der Waals surface area contributed by atoms with Crippen molar-refractivity contribution in [3.63, 3.8) is 0 Å². The molecule has 28 heavy (non-hydrogen) atoms. The molecule has 0 aromatic rings. The van der Waals surface area contributed by atoms with E-state index >= 15 is 0 Å². The van der Waals surface area contributed by atoms with Crippen LogP contribution in [0.25, 0.3) is 0 Å². The van der Waals surface area contributed by atoms with Gasteiger partial charge in [-0.3, -0.25) is 9.79 Å². The van der Waals surface area contributed by atoms with Crippen LogP contribution in [0.2, 0.25) is 0 Å². The van der Waals surface area contributed by atoms with Gasteiger partial charge < -0.3 is 24.8 Å². The van der Waals surface area contributed by atoms with Gasteiger partial charge in [0.2, 0.25) is 5.91 Å². The first-order valence-corrected chi connectivity index (χ1v) is 9.99. The highest BCUT2D eigenvalue weighted by atomic mass is 127. The molecule has 1 N–H and O–H groups in total. The van der Waals surface area contributed by atoms with Crippen molar-refractivity contribution in [2.45, 2.75) is 59.1 Å². The van der Waals surface area contributed by atoms with E-state index < -0.39 is 5.60 Å². The van der Waals surface area contributed by atoms with Crippen LogP contribution in [0.5, 0.6) is 0 Å². The number of carbonyl (C=O) groups excluding carboxylic acids is 2. The average Bonchev–Trinajstić information content (AvgIpc) is 3.41. The SMILES string of the molecule is CCNC(=NCCN(C(=O)OC(C)(C)C)C1CC1)N1CCN(C(C)=O)CC1.I. The standard InChI is InChI=1S/C19H35N5O3.HI/c1-6-20-17(23-13-11-22(12-14-23)15(2)25)21-9-10-24(16-7-8-16)18(26)27-19(3,4)5;/h16H,6-14H2,1-5H3,(H,20,21);1H. The van der Waals surface area contributed by atoms with Crippen LogP contribution in [0.1, 0.15) is 47.5 Å². The summed E-state index contributed by atoms with van der Waals surface area (Å²) in [7, 11) is 0. The molecule has 1 aliphatic carbocycles. The zero-order valence-corrected chi connectivity index (χ0v) is 20.2. The summed E-state index contributed by atoms with van der Waals surface area (Å²) in [6.45, 7) is 14.1. The molecule has 162 valence electrons. The quantitative estimate of drug-likeness (QED) is 0.349. The third-order valence-electron chi connectivity index (χ3n) is 4.58. The Morgan fingerprint density at radius 3 is 2.18 bits per heavy atom. The number of carbonyl (C=O) groups is 2. The molecule has 0 bridgehead atoms. The Hall–Kier alpha value is -1.26. The predicted octanol–water partition coefficient (Wildman–Crippen LogP) is 2.13. The highest BCUT2D eigenvalue weighted by molar-refractivity contribution is 14.0. The Morgan fingerprint density at radius 1 is 1.14 bits per heavy atom. The number of amides is 2. The topological polar surface area (TPSA) is 77.5 Å². The van der Waals surface area contributed by atoms with Gasteiger partial charge in [0.1, 0.15) is 5.60 Å². The summed E-state index contributed by atoms with van der Waals surface area (Å²) in [5.74, 6) is 0.967. The Bertz CT molecular complexity index is 552. The fraction of sp³-hybridized carbons (Fsp3) is 0.842. The molecule has 2 fully saturated rings. The van der Waals surface area contributed by atoms with E-state index in [4.69, 9.17) is 9.73 Å². The van der Waals surface area contributed by atoms with E-state index in [9.17, 15) is 9.59 Å². The number of aliphatic imine (C=N–C) groups is 1. The fourth-order valence-corrected chi connectivity index (χ4v) is 3.05. The van der Waals surface area contributed by atoms with Crippen molar-refractivity contribution >= 4 is 41.9 Å². The van der Waals surface area contributed by atoms with Crippen molar-refractivity contribution in [3.8, 4) is 0 Å². The van der Waals surface area contributed by atoms with Crippen LogP contribution >= 0.6 is 24.0 Å². The van der Waals surface area contributed by atoms with Gasteiger partial charge in [-0.1, -0.05) is 0 Å². The number of ether oxygens (including phenoxy) is 1. The number of hydrogen-bond acceptors (Lipinski definition) is 4. The Kier molecular flexibility index (Phi) is 9.79. The molecule has 2 rings (SSSR count). The van der Waals surface area contributed by atoms with Crippen LogP contribution in [-0.4, -0.2) is 90.1 Å². The average molecular weight is 509 g/mol. The Labute approximate surface area is 186 Å². The highest BCUT2D eigenvalue weighted by Gasteiger charge is 2.34. The van der Waals surface area contributed by atoms with Gasteiger partial charge in [-0.05, 0) is 40.5 Å². The maximum Gasteiger partial charge on any atom is 0.410 e. The van der Waals surface area contributed by atoms with Crippen LogP contribution < -0.4 is 5.32 Å². The second-order valence-corrected chi connectivity index (χ2v) is 8.13. The molecule has 2 aliphatic rings. The first-order chi connectivity index (χ1) is 12.7. The Morgan fingerprint density at radius 2 is 1.71 bits per heavy atom. The molecule has 9 heteroatoms. The van der Waals surface area contributed by atoms with Crippen molar-refractivity contribution < 1.29 is 14.3 Å². The zero-order valence-electron chi connectivity index (χ0n) is 17.9. The fourth-order valence-electron chi connectivity index (χ4n) is 3.05. The van der Waals surface area contributed by atoms with E-state index in [1.54, 1.807) is 6.92 Å². The number of halogens is 1. The van der Waals surface area contributed by atoms with Gasteiger partial charge in [-0.15, -0.1) is 24.0 Å². The molecule has 1 heterocycles.